The maximum atomic E-state index is 13.4. The molecule has 0 N–H and O–H groups in total. The van der Waals surface area contributed by atoms with E-state index in [1.54, 1.807) is 7.11 Å². The number of anilines is 1. The summed E-state index contributed by atoms with van der Waals surface area (Å²) < 4.78 is 20.6. The number of aromatic nitrogens is 3. The van der Waals surface area contributed by atoms with Gasteiger partial charge >= 0.3 is 0 Å². The van der Waals surface area contributed by atoms with Crippen LogP contribution in [0, 0.1) is 17.1 Å². The molecule has 3 aromatic carbocycles. The summed E-state index contributed by atoms with van der Waals surface area (Å²) in [5, 5.41) is 18.3. The first kappa shape index (κ1) is 24.0. The third kappa shape index (κ3) is 5.67. The highest BCUT2D eigenvalue weighted by Gasteiger charge is 2.21. The van der Waals surface area contributed by atoms with Crippen molar-refractivity contribution in [3.8, 4) is 28.9 Å². The maximum Gasteiger partial charge on any atom is 0.237 e. The molecule has 0 unspecified atom stereocenters. The van der Waals surface area contributed by atoms with Crippen LogP contribution in [-0.2, 0) is 4.79 Å². The Hall–Kier alpha value is -4.16. The van der Waals surface area contributed by atoms with Crippen molar-refractivity contribution in [2.24, 2.45) is 0 Å². The van der Waals surface area contributed by atoms with Gasteiger partial charge in [-0.15, -0.1) is 10.2 Å². The quantitative estimate of drug-likeness (QED) is 0.305. The van der Waals surface area contributed by atoms with Crippen molar-refractivity contribution in [1.82, 2.24) is 14.8 Å². The molecule has 176 valence electrons. The van der Waals surface area contributed by atoms with Gasteiger partial charge in [0.25, 0.3) is 0 Å². The first-order chi connectivity index (χ1) is 17.1. The Morgan fingerprint density at radius 3 is 2.57 bits per heavy atom. The minimum atomic E-state index is -0.392. The van der Waals surface area contributed by atoms with Gasteiger partial charge in [-0.25, -0.2) is 4.39 Å². The van der Waals surface area contributed by atoms with Crippen LogP contribution >= 0.6 is 11.8 Å². The molecule has 0 saturated heterocycles. The molecule has 4 rings (SSSR count). The second kappa shape index (κ2) is 11.3. The van der Waals surface area contributed by atoms with Gasteiger partial charge in [0.15, 0.2) is 11.0 Å². The first-order valence-corrected chi connectivity index (χ1v) is 11.8. The number of carbonyl (C=O) groups excluding carboxylic acids is 1. The zero-order valence-electron chi connectivity index (χ0n) is 19.0. The van der Waals surface area contributed by atoms with E-state index in [1.165, 1.54) is 40.9 Å². The summed E-state index contributed by atoms with van der Waals surface area (Å²) in [6, 6.07) is 24.9. The molecule has 0 radical (unpaired) electrons. The van der Waals surface area contributed by atoms with Gasteiger partial charge in [-0.05, 0) is 48.5 Å². The van der Waals surface area contributed by atoms with E-state index in [-0.39, 0.29) is 24.6 Å². The molecule has 1 amide bonds. The zero-order chi connectivity index (χ0) is 24.6. The largest absolute Gasteiger partial charge is 0.497 e. The number of benzene rings is 3. The number of rotatable bonds is 9. The number of amides is 1. The molecule has 9 heteroatoms. The molecule has 4 aromatic rings. The maximum absolute atomic E-state index is 13.4. The van der Waals surface area contributed by atoms with Gasteiger partial charge in [-0.2, -0.15) is 5.26 Å². The highest BCUT2D eigenvalue weighted by molar-refractivity contribution is 7.99. The molecule has 0 aliphatic rings. The van der Waals surface area contributed by atoms with Crippen molar-refractivity contribution in [2.45, 2.75) is 11.6 Å². The van der Waals surface area contributed by atoms with Crippen molar-refractivity contribution in [3.63, 3.8) is 0 Å². The summed E-state index contributed by atoms with van der Waals surface area (Å²) in [5.41, 5.74) is 2.21. The van der Waals surface area contributed by atoms with E-state index in [2.05, 4.69) is 16.3 Å². The van der Waals surface area contributed by atoms with Crippen molar-refractivity contribution in [2.75, 3.05) is 24.3 Å². The predicted octanol–water partition coefficient (Wildman–Crippen LogP) is 5.12. The Morgan fingerprint density at radius 1 is 1.09 bits per heavy atom. The molecule has 0 fully saturated rings. The highest BCUT2D eigenvalue weighted by atomic mass is 32.2. The molecule has 0 atom stereocenters. The smallest absolute Gasteiger partial charge is 0.237 e. The minimum Gasteiger partial charge on any atom is -0.497 e. The van der Waals surface area contributed by atoms with Gasteiger partial charge in [0, 0.05) is 23.5 Å². The molecule has 35 heavy (non-hydrogen) atoms. The molecule has 0 bridgehead atoms. The van der Waals surface area contributed by atoms with Gasteiger partial charge in [0.2, 0.25) is 5.91 Å². The van der Waals surface area contributed by atoms with Crippen LogP contribution in [0.2, 0.25) is 0 Å². The lowest BCUT2D eigenvalue weighted by atomic mass is 10.2. The zero-order valence-corrected chi connectivity index (χ0v) is 19.8. The van der Waals surface area contributed by atoms with Crippen LogP contribution in [0.5, 0.6) is 5.75 Å². The molecule has 7 nitrogen and oxygen atoms in total. The second-order valence-electron chi connectivity index (χ2n) is 7.43. The van der Waals surface area contributed by atoms with Crippen LogP contribution < -0.4 is 9.64 Å². The molecular formula is C26H22FN5O2S. The van der Waals surface area contributed by atoms with E-state index in [0.717, 1.165) is 11.3 Å². The lowest BCUT2D eigenvalue weighted by molar-refractivity contribution is -0.116. The summed E-state index contributed by atoms with van der Waals surface area (Å²) in [6.07, 6.45) is 0.161. The van der Waals surface area contributed by atoms with Crippen molar-refractivity contribution < 1.29 is 13.9 Å². The van der Waals surface area contributed by atoms with Crippen LogP contribution in [0.4, 0.5) is 10.1 Å². The third-order valence-corrected chi connectivity index (χ3v) is 6.10. The van der Waals surface area contributed by atoms with Gasteiger partial charge in [0.1, 0.15) is 11.6 Å². The molecule has 0 saturated carbocycles. The Balaban J connectivity index is 1.63. The van der Waals surface area contributed by atoms with E-state index < -0.39 is 5.82 Å². The molecule has 0 spiro atoms. The fraction of sp³-hybridized carbons (Fsp3) is 0.154. The monoisotopic (exact) mass is 487 g/mol. The highest BCUT2D eigenvalue weighted by Crippen LogP contribution is 2.30. The number of para-hydroxylation sites is 1. The van der Waals surface area contributed by atoms with Crippen LogP contribution in [-0.4, -0.2) is 40.1 Å². The number of hydrogen-bond donors (Lipinski definition) is 0. The van der Waals surface area contributed by atoms with Crippen molar-refractivity contribution >= 4 is 23.4 Å². The third-order valence-electron chi connectivity index (χ3n) is 5.19. The van der Waals surface area contributed by atoms with Crippen LogP contribution in [0.15, 0.2) is 84.0 Å². The molecular weight excluding hydrogens is 465 g/mol. The van der Waals surface area contributed by atoms with Gasteiger partial charge < -0.3 is 9.64 Å². The average molecular weight is 488 g/mol. The van der Waals surface area contributed by atoms with E-state index >= 15 is 0 Å². The van der Waals surface area contributed by atoms with Crippen LogP contribution in [0.1, 0.15) is 6.42 Å². The fourth-order valence-electron chi connectivity index (χ4n) is 3.51. The average Bonchev–Trinajstić information content (AvgIpc) is 3.33. The Morgan fingerprint density at radius 2 is 1.86 bits per heavy atom. The fourth-order valence-corrected chi connectivity index (χ4v) is 4.34. The van der Waals surface area contributed by atoms with Crippen LogP contribution in [0.25, 0.3) is 17.1 Å². The summed E-state index contributed by atoms with van der Waals surface area (Å²) >= 11 is 1.24. The van der Waals surface area contributed by atoms with E-state index in [4.69, 9.17) is 10.00 Å². The van der Waals surface area contributed by atoms with Gasteiger partial charge in [-0.1, -0.05) is 42.1 Å². The molecule has 0 aliphatic carbocycles. The minimum absolute atomic E-state index is 0.0614. The normalized spacial score (nSPS) is 10.5. The van der Waals surface area contributed by atoms with Crippen LogP contribution in [0.3, 0.4) is 0 Å². The number of halogens is 1. The lowest BCUT2D eigenvalue weighted by Gasteiger charge is -2.21. The Bertz CT molecular complexity index is 1340. The first-order valence-electron chi connectivity index (χ1n) is 10.8. The summed E-state index contributed by atoms with van der Waals surface area (Å²) in [6.45, 7) is 0.210. The number of ether oxygens (including phenoxy) is 1. The molecule has 1 heterocycles. The standard InChI is InChI=1S/C26H22FN5O2S/c1-34-23-10-5-7-19(17-23)25-29-30-26(32(25)22-8-3-2-4-9-22)35-18-24(33)31(16-6-15-28)21-13-11-20(27)12-14-21/h2-5,7-14,17H,6,16,18H2,1H3. The second-order valence-corrected chi connectivity index (χ2v) is 8.37. The Kier molecular flexibility index (Phi) is 7.75. The predicted molar refractivity (Wildman–Crippen MR) is 133 cm³/mol. The summed E-state index contributed by atoms with van der Waals surface area (Å²) in [7, 11) is 1.60. The number of hydrogen-bond acceptors (Lipinski definition) is 6. The van der Waals surface area contributed by atoms with E-state index in [0.29, 0.717) is 22.4 Å². The number of thioether (sulfide) groups is 1. The number of methoxy groups -OCH3 is 1. The van der Waals surface area contributed by atoms with E-state index in [9.17, 15) is 9.18 Å². The number of nitrogens with zero attached hydrogens (tertiary/aromatic N) is 5. The van der Waals surface area contributed by atoms with Crippen molar-refractivity contribution in [1.29, 1.82) is 5.26 Å². The molecule has 1 aromatic heterocycles. The number of carbonyl (C=O) groups is 1. The summed E-state index contributed by atoms with van der Waals surface area (Å²) in [4.78, 5) is 14.6. The van der Waals surface area contributed by atoms with E-state index in [1.807, 2.05) is 59.2 Å². The molecule has 0 aliphatic heterocycles. The Labute approximate surface area is 206 Å². The van der Waals surface area contributed by atoms with Gasteiger partial charge in [0.05, 0.1) is 25.4 Å². The lowest BCUT2D eigenvalue weighted by Crippen LogP contribution is -2.33. The summed E-state index contributed by atoms with van der Waals surface area (Å²) in [5.74, 6) is 0.761. The number of nitriles is 1. The van der Waals surface area contributed by atoms with Gasteiger partial charge in [-0.3, -0.25) is 9.36 Å². The van der Waals surface area contributed by atoms with Crippen molar-refractivity contribution in [3.05, 3.63) is 84.7 Å². The topological polar surface area (TPSA) is 84.0 Å². The SMILES string of the molecule is COc1cccc(-c2nnc(SCC(=O)N(CCC#N)c3ccc(F)cc3)n2-c2ccccc2)c1.